The maximum atomic E-state index is 13.9. The first kappa shape index (κ1) is 33.3. The van der Waals surface area contributed by atoms with Gasteiger partial charge in [-0.05, 0) is 76.7 Å². The topological polar surface area (TPSA) is 142 Å². The molecule has 0 saturated heterocycles. The highest BCUT2D eigenvalue weighted by Gasteiger charge is 2.41. The monoisotopic (exact) mass is 730 g/mol. The number of ether oxygens (including phenoxy) is 2. The highest BCUT2D eigenvalue weighted by molar-refractivity contribution is 14.1. The van der Waals surface area contributed by atoms with Crippen molar-refractivity contribution in [1.82, 2.24) is 10.2 Å². The van der Waals surface area contributed by atoms with Crippen molar-refractivity contribution < 1.29 is 52.0 Å². The van der Waals surface area contributed by atoms with Crippen molar-refractivity contribution in [3.63, 3.8) is 0 Å². The maximum Gasteiger partial charge on any atom is 0.416 e. The zero-order valence-corrected chi connectivity index (χ0v) is 25.5. The summed E-state index contributed by atoms with van der Waals surface area (Å²) in [6.07, 6.45) is -3.17. The molecule has 0 saturated carbocycles. The van der Waals surface area contributed by atoms with E-state index in [-0.39, 0.29) is 55.4 Å². The summed E-state index contributed by atoms with van der Waals surface area (Å²) in [5, 5.41) is 33.1. The Labute approximate surface area is 264 Å². The van der Waals surface area contributed by atoms with E-state index in [1.807, 2.05) is 22.6 Å². The molecule has 0 fully saturated rings. The molecule has 4 rings (SSSR count). The largest absolute Gasteiger partial charge is 0.493 e. The summed E-state index contributed by atoms with van der Waals surface area (Å²) in [4.78, 5) is 28.2. The molecule has 236 valence electrons. The second kappa shape index (κ2) is 14.5. The number of nitrogens with zero attached hydrogens (tertiary/aromatic N) is 1. The first-order chi connectivity index (χ1) is 21.0. The van der Waals surface area contributed by atoms with E-state index in [4.69, 9.17) is 13.9 Å². The number of carbonyl (C=O) groups excluding carboxylic acids is 2. The van der Waals surface area contributed by atoms with Crippen LogP contribution in [0.2, 0.25) is 0 Å². The van der Waals surface area contributed by atoms with Gasteiger partial charge < -0.3 is 39.4 Å². The van der Waals surface area contributed by atoms with Gasteiger partial charge in [0, 0.05) is 36.2 Å². The van der Waals surface area contributed by atoms with E-state index in [9.17, 15) is 38.1 Å². The quantitative estimate of drug-likeness (QED) is 0.219. The van der Waals surface area contributed by atoms with Crippen LogP contribution < -0.4 is 14.8 Å². The summed E-state index contributed by atoms with van der Waals surface area (Å²) < 4.78 is 56.9. The average molecular weight is 730 g/mol. The predicted molar refractivity (Wildman–Crippen MR) is 159 cm³/mol. The molecule has 2 aromatic carbocycles. The van der Waals surface area contributed by atoms with Crippen LogP contribution in [-0.2, 0) is 24.1 Å². The molecule has 14 heteroatoms. The second-order valence-electron chi connectivity index (χ2n) is 9.92. The summed E-state index contributed by atoms with van der Waals surface area (Å²) in [6.45, 7) is -0.740. The highest BCUT2D eigenvalue weighted by atomic mass is 127. The molecule has 1 aliphatic carbocycles. The average Bonchev–Trinajstić information content (AvgIpc) is 3.53. The molecule has 0 spiro atoms. The van der Waals surface area contributed by atoms with Gasteiger partial charge in [-0.25, -0.2) is 0 Å². The number of rotatable bonds is 11. The van der Waals surface area contributed by atoms with Crippen LogP contribution in [0.15, 0.2) is 71.1 Å². The van der Waals surface area contributed by atoms with Crippen LogP contribution in [0.4, 0.5) is 13.2 Å². The molecule has 0 bridgehead atoms. The van der Waals surface area contributed by atoms with Gasteiger partial charge in [-0.1, -0.05) is 0 Å². The first-order valence-corrected chi connectivity index (χ1v) is 14.5. The van der Waals surface area contributed by atoms with Crippen molar-refractivity contribution in [2.24, 2.45) is 0 Å². The number of halogens is 4. The Kier molecular flexibility index (Phi) is 10.9. The number of aliphatic hydroxyl groups is 3. The van der Waals surface area contributed by atoms with Crippen LogP contribution >= 0.6 is 22.6 Å². The molecular weight excluding hydrogens is 700 g/mol. The zero-order chi connectivity index (χ0) is 32.0. The number of nitrogens with one attached hydrogen (secondary N) is 1. The summed E-state index contributed by atoms with van der Waals surface area (Å²) in [5.41, 5.74) is 0.239. The van der Waals surface area contributed by atoms with Gasteiger partial charge >= 0.3 is 6.18 Å². The fraction of sp³-hybridized carbons (Fsp3) is 0.333. The SMILES string of the molecule is COc1cc(CO)cc(I)c1OC1C=C(C(=O)NCCO)CC(N(Cc2ccoc2)C(=O)c2ccc(C(F)(F)F)cc2)C1O. The third kappa shape index (κ3) is 7.72. The van der Waals surface area contributed by atoms with Crippen molar-refractivity contribution in [3.05, 3.63) is 92.5 Å². The van der Waals surface area contributed by atoms with Gasteiger partial charge in [-0.2, -0.15) is 13.2 Å². The molecule has 1 aliphatic rings. The summed E-state index contributed by atoms with van der Waals surface area (Å²) >= 11 is 1.98. The molecule has 0 aliphatic heterocycles. The third-order valence-corrected chi connectivity index (χ3v) is 7.79. The van der Waals surface area contributed by atoms with E-state index in [0.29, 0.717) is 14.7 Å². The number of carbonyl (C=O) groups is 2. The van der Waals surface area contributed by atoms with E-state index < -0.39 is 41.8 Å². The fourth-order valence-electron chi connectivity index (χ4n) is 4.78. The van der Waals surface area contributed by atoms with Gasteiger partial charge in [0.15, 0.2) is 11.5 Å². The minimum Gasteiger partial charge on any atom is -0.493 e. The van der Waals surface area contributed by atoms with Gasteiger partial charge in [-0.3, -0.25) is 9.59 Å². The molecule has 3 unspecified atom stereocenters. The van der Waals surface area contributed by atoms with Crippen LogP contribution in [0.3, 0.4) is 0 Å². The maximum absolute atomic E-state index is 13.9. The van der Waals surface area contributed by atoms with Crippen molar-refractivity contribution in [2.75, 3.05) is 20.3 Å². The molecule has 10 nitrogen and oxygen atoms in total. The minimum absolute atomic E-state index is 0.0491. The minimum atomic E-state index is -4.60. The van der Waals surface area contributed by atoms with E-state index in [0.717, 1.165) is 24.3 Å². The number of furan rings is 1. The van der Waals surface area contributed by atoms with Crippen LogP contribution in [0, 0.1) is 3.57 Å². The molecule has 44 heavy (non-hydrogen) atoms. The lowest BCUT2D eigenvalue weighted by atomic mass is 9.87. The number of aliphatic hydroxyl groups excluding tert-OH is 3. The van der Waals surface area contributed by atoms with Crippen LogP contribution in [0.25, 0.3) is 0 Å². The first-order valence-electron chi connectivity index (χ1n) is 13.4. The summed E-state index contributed by atoms with van der Waals surface area (Å²) in [6, 6.07) is 7.41. The number of benzene rings is 2. The van der Waals surface area contributed by atoms with Crippen molar-refractivity contribution in [3.8, 4) is 11.5 Å². The van der Waals surface area contributed by atoms with Crippen molar-refractivity contribution in [2.45, 2.75) is 44.0 Å². The van der Waals surface area contributed by atoms with Crippen LogP contribution in [0.1, 0.15) is 33.5 Å². The summed E-state index contributed by atoms with van der Waals surface area (Å²) in [5.74, 6) is -0.783. The Morgan fingerprint density at radius 2 is 1.86 bits per heavy atom. The van der Waals surface area contributed by atoms with Crippen LogP contribution in [-0.4, -0.2) is 70.5 Å². The number of amides is 2. The normalized spacial score (nSPS) is 18.4. The third-order valence-electron chi connectivity index (χ3n) is 6.99. The fourth-order valence-corrected chi connectivity index (χ4v) is 5.57. The van der Waals surface area contributed by atoms with Crippen LogP contribution in [0.5, 0.6) is 11.5 Å². The molecule has 0 radical (unpaired) electrons. The van der Waals surface area contributed by atoms with Crippen molar-refractivity contribution in [1.29, 1.82) is 0 Å². The Bertz CT molecular complexity index is 1480. The molecule has 3 atom stereocenters. The lowest BCUT2D eigenvalue weighted by Gasteiger charge is -2.40. The van der Waals surface area contributed by atoms with Gasteiger partial charge in [0.25, 0.3) is 5.91 Å². The molecule has 4 N–H and O–H groups in total. The van der Waals surface area contributed by atoms with Gasteiger partial charge in [0.2, 0.25) is 5.91 Å². The van der Waals surface area contributed by atoms with E-state index in [2.05, 4.69) is 5.32 Å². The molecule has 3 aromatic rings. The Morgan fingerprint density at radius 3 is 2.45 bits per heavy atom. The zero-order valence-electron chi connectivity index (χ0n) is 23.4. The van der Waals surface area contributed by atoms with E-state index >= 15 is 0 Å². The number of alkyl halides is 3. The van der Waals surface area contributed by atoms with Gasteiger partial charge in [-0.15, -0.1) is 0 Å². The molecule has 1 aromatic heterocycles. The Balaban J connectivity index is 1.75. The number of methoxy groups -OCH3 is 1. The van der Waals surface area contributed by atoms with E-state index in [1.54, 1.807) is 18.2 Å². The van der Waals surface area contributed by atoms with E-state index in [1.165, 1.54) is 30.6 Å². The second-order valence-corrected chi connectivity index (χ2v) is 11.1. The predicted octanol–water partition coefficient (Wildman–Crippen LogP) is 3.66. The standard InChI is InChI=1S/C30H30F3IN2O8/c1-42-25-11-18(15-38)10-22(34)27(25)44-24-13-20(28(40)35-7-8-37)12-23(26(24)39)36(14-17-6-9-43-16-17)29(41)19-2-4-21(5-3-19)30(31,32)33/h2-6,9-11,13,16,23-24,26,37-39H,7-8,12,14-15H2,1H3,(H,35,40). The number of hydrogen-bond donors (Lipinski definition) is 4. The highest BCUT2D eigenvalue weighted by Crippen LogP contribution is 2.38. The Morgan fingerprint density at radius 1 is 1.14 bits per heavy atom. The van der Waals surface area contributed by atoms with Gasteiger partial charge in [0.1, 0.15) is 12.2 Å². The lowest BCUT2D eigenvalue weighted by molar-refractivity contribution is -0.137. The number of hydrogen-bond acceptors (Lipinski definition) is 8. The smallest absolute Gasteiger partial charge is 0.416 e. The summed E-state index contributed by atoms with van der Waals surface area (Å²) in [7, 11) is 1.40. The molecule has 2 amide bonds. The Hall–Kier alpha value is -3.60. The van der Waals surface area contributed by atoms with Gasteiger partial charge in [0.05, 0.1) is 48.0 Å². The van der Waals surface area contributed by atoms with Crippen molar-refractivity contribution >= 4 is 34.4 Å². The molecule has 1 heterocycles. The molecular formula is C30H30F3IN2O8. The lowest BCUT2D eigenvalue weighted by Crippen LogP contribution is -2.54.